The van der Waals surface area contributed by atoms with E-state index >= 15 is 0 Å². The summed E-state index contributed by atoms with van der Waals surface area (Å²) < 4.78 is 29.2. The fraction of sp³-hybridized carbons (Fsp3) is 0.333. The largest absolute Gasteiger partial charge is 0.355 e. The van der Waals surface area contributed by atoms with Crippen molar-refractivity contribution in [3.63, 3.8) is 0 Å². The number of halogens is 1. The van der Waals surface area contributed by atoms with Gasteiger partial charge in [0.1, 0.15) is 12.6 Å². The molecule has 7 nitrogen and oxygen atoms in total. The molecule has 0 aromatic heterocycles. The maximum Gasteiger partial charge on any atom is 0.264 e. The van der Waals surface area contributed by atoms with Crippen LogP contribution in [0.4, 0.5) is 5.69 Å². The van der Waals surface area contributed by atoms with Gasteiger partial charge in [0.2, 0.25) is 11.8 Å². The highest BCUT2D eigenvalue weighted by molar-refractivity contribution is 7.92. The summed E-state index contributed by atoms with van der Waals surface area (Å²) in [6.45, 7) is 7.42. The first-order valence-corrected chi connectivity index (χ1v) is 14.9. The van der Waals surface area contributed by atoms with Crippen LogP contribution in [0.15, 0.2) is 77.7 Å². The van der Waals surface area contributed by atoms with E-state index in [2.05, 4.69) is 5.32 Å². The molecule has 0 radical (unpaired) electrons. The number of nitrogens with zero attached hydrogens (tertiary/aromatic N) is 2. The van der Waals surface area contributed by atoms with Crippen molar-refractivity contribution in [1.29, 1.82) is 0 Å². The average molecular weight is 570 g/mol. The Labute approximate surface area is 236 Å². The number of aryl methyl sites for hydroxylation is 2. The van der Waals surface area contributed by atoms with Crippen LogP contribution in [0.2, 0.25) is 5.02 Å². The Bertz CT molecular complexity index is 1390. The molecule has 0 heterocycles. The summed E-state index contributed by atoms with van der Waals surface area (Å²) in [6, 6.07) is 20.0. The van der Waals surface area contributed by atoms with E-state index in [-0.39, 0.29) is 17.3 Å². The van der Waals surface area contributed by atoms with E-state index in [0.717, 1.165) is 15.4 Å². The van der Waals surface area contributed by atoms with Crippen molar-refractivity contribution in [1.82, 2.24) is 10.2 Å². The van der Waals surface area contributed by atoms with Crippen molar-refractivity contribution in [2.75, 3.05) is 17.4 Å². The highest BCUT2D eigenvalue weighted by Crippen LogP contribution is 2.29. The van der Waals surface area contributed by atoms with Crippen LogP contribution in [-0.2, 0) is 32.6 Å². The Kier molecular flexibility index (Phi) is 10.5. The number of sulfonamides is 1. The molecule has 0 saturated heterocycles. The Hall–Kier alpha value is -3.36. The first-order chi connectivity index (χ1) is 18.6. The molecule has 1 N–H and O–H groups in total. The van der Waals surface area contributed by atoms with Gasteiger partial charge in [0, 0.05) is 18.1 Å². The summed E-state index contributed by atoms with van der Waals surface area (Å²) in [7, 11) is -4.12. The van der Waals surface area contributed by atoms with Gasteiger partial charge in [-0.2, -0.15) is 0 Å². The molecule has 1 atom stereocenters. The van der Waals surface area contributed by atoms with Gasteiger partial charge in [-0.1, -0.05) is 79.5 Å². The van der Waals surface area contributed by atoms with Gasteiger partial charge in [-0.15, -0.1) is 0 Å². The molecule has 9 heteroatoms. The number of benzene rings is 3. The number of hydrogen-bond donors (Lipinski definition) is 1. The van der Waals surface area contributed by atoms with Crippen LogP contribution in [0, 0.1) is 6.92 Å². The van der Waals surface area contributed by atoms with Gasteiger partial charge in [0.15, 0.2) is 0 Å². The molecule has 0 fully saturated rings. The zero-order valence-electron chi connectivity index (χ0n) is 22.9. The number of likely N-dealkylation sites (N-methyl/N-ethyl adjacent to an activating group) is 1. The lowest BCUT2D eigenvalue weighted by molar-refractivity contribution is -0.140. The van der Waals surface area contributed by atoms with E-state index in [1.165, 1.54) is 4.90 Å². The van der Waals surface area contributed by atoms with E-state index in [4.69, 9.17) is 11.6 Å². The summed E-state index contributed by atoms with van der Waals surface area (Å²) in [5.74, 6) is -0.808. The maximum atomic E-state index is 14.1. The number of amides is 2. The second kappa shape index (κ2) is 13.6. The van der Waals surface area contributed by atoms with E-state index in [9.17, 15) is 18.0 Å². The topological polar surface area (TPSA) is 86.8 Å². The van der Waals surface area contributed by atoms with Crippen molar-refractivity contribution in [2.45, 2.75) is 58.0 Å². The molecule has 0 bridgehead atoms. The van der Waals surface area contributed by atoms with Crippen LogP contribution in [0.3, 0.4) is 0 Å². The molecule has 3 rings (SSSR count). The van der Waals surface area contributed by atoms with E-state index in [1.807, 2.05) is 45.9 Å². The van der Waals surface area contributed by atoms with Crippen molar-refractivity contribution in [2.24, 2.45) is 0 Å². The second-order valence-corrected chi connectivity index (χ2v) is 11.5. The van der Waals surface area contributed by atoms with Crippen molar-refractivity contribution >= 4 is 39.1 Å². The normalized spacial score (nSPS) is 12.0. The molecule has 0 unspecified atom stereocenters. The Morgan fingerprint density at radius 1 is 0.897 bits per heavy atom. The zero-order chi connectivity index (χ0) is 28.6. The molecule has 39 heavy (non-hydrogen) atoms. The smallest absolute Gasteiger partial charge is 0.264 e. The summed E-state index contributed by atoms with van der Waals surface area (Å²) in [6.07, 6.45) is 0.919. The van der Waals surface area contributed by atoms with Crippen LogP contribution in [-0.4, -0.2) is 44.3 Å². The van der Waals surface area contributed by atoms with Crippen LogP contribution in [0.25, 0.3) is 0 Å². The van der Waals surface area contributed by atoms with Crippen LogP contribution < -0.4 is 9.62 Å². The fourth-order valence-electron chi connectivity index (χ4n) is 4.43. The third kappa shape index (κ3) is 7.19. The summed E-state index contributed by atoms with van der Waals surface area (Å²) >= 11 is 6.42. The number of anilines is 1. The predicted octanol–water partition coefficient (Wildman–Crippen LogP) is 5.35. The molecule has 3 aromatic rings. The first kappa shape index (κ1) is 30.2. The molecule has 0 aliphatic heterocycles. The standard InChI is InChI=1S/C30H36ClN3O4S/c1-5-23-12-9-11-15-28(23)34(39(37,38)25-18-16-22(4)17-19-25)21-29(35)33(27(6-2)30(36)32-7-3)20-24-13-8-10-14-26(24)31/h8-19,27H,5-7,20-21H2,1-4H3,(H,32,36)/t27-/m1/s1. The van der Waals surface area contributed by atoms with Gasteiger partial charge in [-0.25, -0.2) is 8.42 Å². The molecular weight excluding hydrogens is 534 g/mol. The maximum absolute atomic E-state index is 14.1. The molecule has 0 saturated carbocycles. The lowest BCUT2D eigenvalue weighted by Gasteiger charge is -2.33. The summed E-state index contributed by atoms with van der Waals surface area (Å²) in [4.78, 5) is 28.6. The van der Waals surface area contributed by atoms with Gasteiger partial charge >= 0.3 is 0 Å². The van der Waals surface area contributed by atoms with Gasteiger partial charge in [-0.05, 0) is 62.1 Å². The quantitative estimate of drug-likeness (QED) is 0.318. The van der Waals surface area contributed by atoms with Crippen molar-refractivity contribution < 1.29 is 18.0 Å². The minimum atomic E-state index is -4.12. The Balaban J connectivity index is 2.11. The van der Waals surface area contributed by atoms with E-state index < -0.39 is 28.5 Å². The summed E-state index contributed by atoms with van der Waals surface area (Å²) in [5, 5.41) is 3.26. The van der Waals surface area contributed by atoms with E-state index in [1.54, 1.807) is 54.6 Å². The molecule has 0 aliphatic rings. The van der Waals surface area contributed by atoms with Gasteiger partial charge in [0.25, 0.3) is 10.0 Å². The minimum absolute atomic E-state index is 0.0575. The van der Waals surface area contributed by atoms with Crippen LogP contribution in [0.1, 0.15) is 43.9 Å². The first-order valence-electron chi connectivity index (χ1n) is 13.1. The second-order valence-electron chi connectivity index (χ2n) is 9.24. The number of nitrogens with one attached hydrogen (secondary N) is 1. The Morgan fingerprint density at radius 3 is 2.10 bits per heavy atom. The van der Waals surface area contributed by atoms with Crippen molar-refractivity contribution in [3.05, 3.63) is 94.5 Å². The van der Waals surface area contributed by atoms with Crippen molar-refractivity contribution in [3.8, 4) is 0 Å². The third-order valence-electron chi connectivity index (χ3n) is 6.56. The molecule has 2 amide bonds. The molecule has 208 valence electrons. The number of rotatable bonds is 12. The monoisotopic (exact) mass is 569 g/mol. The number of para-hydroxylation sites is 1. The molecule has 3 aromatic carbocycles. The highest BCUT2D eigenvalue weighted by atomic mass is 35.5. The SMILES string of the molecule is CCNC(=O)[C@@H](CC)N(Cc1ccccc1Cl)C(=O)CN(c1ccccc1CC)S(=O)(=O)c1ccc(C)cc1. The predicted molar refractivity (Wildman–Crippen MR) is 156 cm³/mol. The highest BCUT2D eigenvalue weighted by Gasteiger charge is 2.34. The molecule has 0 spiro atoms. The van der Waals surface area contributed by atoms with E-state index in [0.29, 0.717) is 35.7 Å². The van der Waals surface area contributed by atoms with Crippen LogP contribution in [0.5, 0.6) is 0 Å². The zero-order valence-corrected chi connectivity index (χ0v) is 24.4. The Morgan fingerprint density at radius 2 is 1.51 bits per heavy atom. The summed E-state index contributed by atoms with van der Waals surface area (Å²) in [5.41, 5.74) is 2.80. The minimum Gasteiger partial charge on any atom is -0.355 e. The molecule has 0 aliphatic carbocycles. The van der Waals surface area contributed by atoms with Crippen LogP contribution >= 0.6 is 11.6 Å². The molecular formula is C30H36ClN3O4S. The lowest BCUT2D eigenvalue weighted by Crippen LogP contribution is -2.52. The number of carbonyl (C=O) groups is 2. The number of hydrogen-bond acceptors (Lipinski definition) is 4. The average Bonchev–Trinajstić information content (AvgIpc) is 2.92. The third-order valence-corrected chi connectivity index (χ3v) is 8.71. The number of carbonyl (C=O) groups excluding carboxylic acids is 2. The fourth-order valence-corrected chi connectivity index (χ4v) is 6.07. The van der Waals surface area contributed by atoms with Gasteiger partial charge < -0.3 is 10.2 Å². The van der Waals surface area contributed by atoms with Gasteiger partial charge in [-0.3, -0.25) is 13.9 Å². The lowest BCUT2D eigenvalue weighted by atomic mass is 10.1. The van der Waals surface area contributed by atoms with Gasteiger partial charge in [0.05, 0.1) is 10.6 Å².